The van der Waals surface area contributed by atoms with Crippen LogP contribution in [0.2, 0.25) is 0 Å². The van der Waals surface area contributed by atoms with Gasteiger partial charge in [0.1, 0.15) is 0 Å². The standard InChI is InChI=1S/C34H64O3/c1-7-9-11-13-15-25-36-30(6)32-24-23-31(22-18-21-29(5)20-17-19-28(3)4)27-33(32)34(35)37-26-16-14-12-10-8-2/h28-29,31-33H,6-27H2,1-5H3. The maximum atomic E-state index is 13.2. The van der Waals surface area contributed by atoms with E-state index in [0.29, 0.717) is 12.5 Å². The second-order valence-electron chi connectivity index (χ2n) is 12.6. The third-order valence-electron chi connectivity index (χ3n) is 8.49. The Hall–Kier alpha value is -0.990. The molecule has 4 atom stereocenters. The number of unbranched alkanes of at least 4 members (excludes halogenated alkanes) is 8. The monoisotopic (exact) mass is 520 g/mol. The Kier molecular flexibility index (Phi) is 20.1. The molecule has 0 aromatic rings. The van der Waals surface area contributed by atoms with Gasteiger partial charge >= 0.3 is 5.97 Å². The second-order valence-corrected chi connectivity index (χ2v) is 12.6. The molecule has 1 fully saturated rings. The predicted octanol–water partition coefficient (Wildman–Crippen LogP) is 10.7. The summed E-state index contributed by atoms with van der Waals surface area (Å²) in [5.41, 5.74) is 0. The largest absolute Gasteiger partial charge is 0.498 e. The highest BCUT2D eigenvalue weighted by Gasteiger charge is 2.38. The molecule has 218 valence electrons. The fraction of sp³-hybridized carbons (Fsp3) is 0.912. The van der Waals surface area contributed by atoms with Crippen LogP contribution in [-0.2, 0) is 14.3 Å². The van der Waals surface area contributed by atoms with E-state index in [0.717, 1.165) is 56.3 Å². The van der Waals surface area contributed by atoms with Gasteiger partial charge in [0.05, 0.1) is 24.9 Å². The SMILES string of the molecule is C=C(OCCCCCCC)C1CCC(CCCC(C)CCCC(C)C)CC1C(=O)OCCCCCCC. The van der Waals surface area contributed by atoms with Gasteiger partial charge in [-0.2, -0.15) is 0 Å². The highest BCUT2D eigenvalue weighted by molar-refractivity contribution is 5.73. The first kappa shape index (κ1) is 34.0. The van der Waals surface area contributed by atoms with Gasteiger partial charge in [0.2, 0.25) is 0 Å². The summed E-state index contributed by atoms with van der Waals surface area (Å²) < 4.78 is 11.9. The zero-order chi connectivity index (χ0) is 27.3. The number of hydrogen-bond acceptors (Lipinski definition) is 3. The van der Waals surface area contributed by atoms with Crippen molar-refractivity contribution in [1.29, 1.82) is 0 Å². The van der Waals surface area contributed by atoms with E-state index in [9.17, 15) is 4.79 Å². The molecule has 0 spiro atoms. The zero-order valence-corrected chi connectivity index (χ0v) is 25.7. The zero-order valence-electron chi connectivity index (χ0n) is 25.7. The fourth-order valence-corrected chi connectivity index (χ4v) is 5.94. The lowest BCUT2D eigenvalue weighted by Gasteiger charge is -2.35. The van der Waals surface area contributed by atoms with Gasteiger partial charge in [-0.1, -0.05) is 131 Å². The average molecular weight is 521 g/mol. The molecule has 0 aromatic carbocycles. The number of hydrogen-bond donors (Lipinski definition) is 0. The summed E-state index contributed by atoms with van der Waals surface area (Å²) >= 11 is 0. The first-order chi connectivity index (χ1) is 17.9. The van der Waals surface area contributed by atoms with Crippen molar-refractivity contribution < 1.29 is 14.3 Å². The lowest BCUT2D eigenvalue weighted by Crippen LogP contribution is -2.34. The van der Waals surface area contributed by atoms with Gasteiger partial charge in [-0.05, 0) is 49.9 Å². The van der Waals surface area contributed by atoms with Gasteiger partial charge in [-0.25, -0.2) is 0 Å². The van der Waals surface area contributed by atoms with Crippen LogP contribution in [0.3, 0.4) is 0 Å². The van der Waals surface area contributed by atoms with E-state index in [1.54, 1.807) is 0 Å². The van der Waals surface area contributed by atoms with Crippen molar-refractivity contribution in [2.75, 3.05) is 13.2 Å². The molecule has 4 unspecified atom stereocenters. The quantitative estimate of drug-likeness (QED) is 0.0763. The van der Waals surface area contributed by atoms with Crippen molar-refractivity contribution >= 4 is 5.97 Å². The molecular formula is C34H64O3. The Morgan fingerprint density at radius 3 is 1.95 bits per heavy atom. The van der Waals surface area contributed by atoms with E-state index >= 15 is 0 Å². The Labute approximate surface area is 231 Å². The molecule has 0 aliphatic heterocycles. The molecule has 1 aliphatic carbocycles. The number of allylic oxidation sites excluding steroid dienone is 1. The number of rotatable bonds is 23. The van der Waals surface area contributed by atoms with Crippen LogP contribution in [0.4, 0.5) is 0 Å². The van der Waals surface area contributed by atoms with E-state index in [1.165, 1.54) is 89.9 Å². The molecule has 1 aliphatic rings. The Bertz CT molecular complexity index is 569. The lowest BCUT2D eigenvalue weighted by atomic mass is 9.71. The van der Waals surface area contributed by atoms with Crippen LogP contribution in [0.1, 0.15) is 157 Å². The molecule has 0 amide bonds. The summed E-state index contributed by atoms with van der Waals surface area (Å²) in [7, 11) is 0. The summed E-state index contributed by atoms with van der Waals surface area (Å²) in [5, 5.41) is 0. The van der Waals surface area contributed by atoms with Crippen molar-refractivity contribution in [3.8, 4) is 0 Å². The minimum absolute atomic E-state index is 0.0000548. The van der Waals surface area contributed by atoms with Crippen molar-refractivity contribution in [1.82, 2.24) is 0 Å². The minimum Gasteiger partial charge on any atom is -0.498 e. The first-order valence-corrected chi connectivity index (χ1v) is 16.4. The minimum atomic E-state index is -0.0783. The number of carbonyl (C=O) groups is 1. The Morgan fingerprint density at radius 2 is 1.32 bits per heavy atom. The summed E-state index contributed by atoms with van der Waals surface area (Å²) in [6.07, 6.45) is 23.1. The third-order valence-corrected chi connectivity index (χ3v) is 8.49. The number of carbonyl (C=O) groups excluding carboxylic acids is 1. The highest BCUT2D eigenvalue weighted by atomic mass is 16.5. The maximum absolute atomic E-state index is 13.2. The molecule has 0 saturated heterocycles. The number of ether oxygens (including phenoxy) is 2. The van der Waals surface area contributed by atoms with Crippen LogP contribution in [0.25, 0.3) is 0 Å². The topological polar surface area (TPSA) is 35.5 Å². The summed E-state index contributed by atoms with van der Waals surface area (Å²) in [4.78, 5) is 13.2. The highest BCUT2D eigenvalue weighted by Crippen LogP contribution is 2.41. The van der Waals surface area contributed by atoms with E-state index in [2.05, 4.69) is 41.2 Å². The Balaban J connectivity index is 2.53. The summed E-state index contributed by atoms with van der Waals surface area (Å²) in [5.74, 6) is 3.13. The van der Waals surface area contributed by atoms with Crippen molar-refractivity contribution in [3.05, 3.63) is 12.3 Å². The molecule has 3 heteroatoms. The van der Waals surface area contributed by atoms with Crippen LogP contribution >= 0.6 is 0 Å². The van der Waals surface area contributed by atoms with E-state index in [4.69, 9.17) is 9.47 Å². The third kappa shape index (κ3) is 16.6. The molecule has 37 heavy (non-hydrogen) atoms. The molecule has 0 radical (unpaired) electrons. The molecule has 0 N–H and O–H groups in total. The van der Waals surface area contributed by atoms with Crippen molar-refractivity contribution in [2.24, 2.45) is 29.6 Å². The van der Waals surface area contributed by atoms with E-state index < -0.39 is 0 Å². The van der Waals surface area contributed by atoms with Crippen LogP contribution in [0.5, 0.6) is 0 Å². The molecule has 0 aromatic heterocycles. The molecule has 1 saturated carbocycles. The van der Waals surface area contributed by atoms with Gasteiger partial charge in [-0.3, -0.25) is 4.79 Å². The molecular weight excluding hydrogens is 456 g/mol. The van der Waals surface area contributed by atoms with Gasteiger partial charge < -0.3 is 9.47 Å². The molecule has 3 nitrogen and oxygen atoms in total. The second kappa shape index (κ2) is 21.9. The van der Waals surface area contributed by atoms with Crippen LogP contribution in [-0.4, -0.2) is 19.2 Å². The maximum Gasteiger partial charge on any atom is 0.309 e. The van der Waals surface area contributed by atoms with Gasteiger partial charge in [0.25, 0.3) is 0 Å². The average Bonchev–Trinajstić information content (AvgIpc) is 2.87. The lowest BCUT2D eigenvalue weighted by molar-refractivity contribution is -0.153. The molecule has 0 heterocycles. The first-order valence-electron chi connectivity index (χ1n) is 16.4. The fourth-order valence-electron chi connectivity index (χ4n) is 5.94. The van der Waals surface area contributed by atoms with Crippen LogP contribution in [0.15, 0.2) is 12.3 Å². The normalized spacial score (nSPS) is 20.6. The van der Waals surface area contributed by atoms with Crippen LogP contribution in [0, 0.1) is 29.6 Å². The van der Waals surface area contributed by atoms with Crippen molar-refractivity contribution in [2.45, 2.75) is 157 Å². The van der Waals surface area contributed by atoms with Gasteiger partial charge in [-0.15, -0.1) is 0 Å². The van der Waals surface area contributed by atoms with Crippen LogP contribution < -0.4 is 0 Å². The summed E-state index contributed by atoms with van der Waals surface area (Å²) in [6.45, 7) is 17.1. The molecule has 1 rings (SSSR count). The van der Waals surface area contributed by atoms with E-state index in [1.807, 2.05) is 0 Å². The van der Waals surface area contributed by atoms with Gasteiger partial charge in [0, 0.05) is 5.92 Å². The molecule has 0 bridgehead atoms. The van der Waals surface area contributed by atoms with Gasteiger partial charge in [0.15, 0.2) is 0 Å². The number of esters is 1. The predicted molar refractivity (Wildman–Crippen MR) is 160 cm³/mol. The van der Waals surface area contributed by atoms with E-state index in [-0.39, 0.29) is 17.8 Å². The Morgan fingerprint density at radius 1 is 0.730 bits per heavy atom. The summed E-state index contributed by atoms with van der Waals surface area (Å²) in [6, 6.07) is 0. The smallest absolute Gasteiger partial charge is 0.309 e. The van der Waals surface area contributed by atoms with Crippen molar-refractivity contribution in [3.63, 3.8) is 0 Å².